The van der Waals surface area contributed by atoms with Gasteiger partial charge in [0.15, 0.2) is 8.32 Å². The van der Waals surface area contributed by atoms with Gasteiger partial charge in [-0.25, -0.2) is 0 Å². The van der Waals surface area contributed by atoms with Gasteiger partial charge in [0.2, 0.25) is 0 Å². The summed E-state index contributed by atoms with van der Waals surface area (Å²) in [5.74, 6) is 0. The molecule has 0 amide bonds. The first-order valence-corrected chi connectivity index (χ1v) is 12.2. The molecule has 2 fully saturated rings. The van der Waals surface area contributed by atoms with E-state index in [2.05, 4.69) is 66.8 Å². The zero-order valence-corrected chi connectivity index (χ0v) is 18.5. The van der Waals surface area contributed by atoms with E-state index < -0.39 is 8.32 Å². The van der Waals surface area contributed by atoms with Crippen LogP contribution < -0.4 is 0 Å². The van der Waals surface area contributed by atoms with Gasteiger partial charge in [0, 0.05) is 24.0 Å². The molecule has 0 aromatic carbocycles. The predicted molar refractivity (Wildman–Crippen MR) is 106 cm³/mol. The van der Waals surface area contributed by atoms with Gasteiger partial charge < -0.3 is 9.16 Å². The number of rotatable bonds is 4. The van der Waals surface area contributed by atoms with E-state index in [-0.39, 0.29) is 27.8 Å². The largest absolute Gasteiger partial charge is 0.414 e. The number of epoxide rings is 1. The fourth-order valence-electron chi connectivity index (χ4n) is 4.12. The number of nitrogens with zero attached hydrogens (tertiary/aromatic N) is 1. The molecule has 0 aromatic heterocycles. The Bertz CT molecular complexity index is 635. The molecular weight excluding hydrogens is 326 g/mol. The number of allylic oxidation sites excluding steroid dienone is 3. The standard InChI is InChI=1S/C21H35NO2Si/c1-16(11-13-22)10-12-21-19(5,6)14-17(15-20(21,7)24-21)23-25(8,9)18(2,3)4/h10-12,17H,14-15H2,1-9H3/b12-10+,16-11+/t17-,20+,21-/m0/s1. The molecule has 3 atom stereocenters. The zero-order valence-electron chi connectivity index (χ0n) is 17.5. The second-order valence-corrected chi connectivity index (χ2v) is 15.0. The van der Waals surface area contributed by atoms with E-state index in [4.69, 9.17) is 14.4 Å². The van der Waals surface area contributed by atoms with Gasteiger partial charge in [0.25, 0.3) is 0 Å². The number of fused-ring (bicyclic) bond motifs is 1. The molecule has 1 heterocycles. The van der Waals surface area contributed by atoms with Crippen molar-refractivity contribution in [2.45, 2.75) is 96.7 Å². The third-order valence-electron chi connectivity index (χ3n) is 6.63. The fourth-order valence-corrected chi connectivity index (χ4v) is 5.47. The lowest BCUT2D eigenvalue weighted by molar-refractivity contribution is 0.0587. The maximum Gasteiger partial charge on any atom is 0.192 e. The van der Waals surface area contributed by atoms with E-state index in [0.29, 0.717) is 0 Å². The van der Waals surface area contributed by atoms with Crippen LogP contribution in [0.1, 0.15) is 61.3 Å². The van der Waals surface area contributed by atoms with Crippen LogP contribution >= 0.6 is 0 Å². The minimum Gasteiger partial charge on any atom is -0.414 e. The van der Waals surface area contributed by atoms with E-state index in [1.807, 2.05) is 13.0 Å². The molecule has 1 saturated carbocycles. The van der Waals surface area contributed by atoms with Gasteiger partial charge in [-0.3, -0.25) is 0 Å². The van der Waals surface area contributed by atoms with Gasteiger partial charge in [-0.2, -0.15) is 5.26 Å². The Kier molecular flexibility index (Phi) is 4.96. The number of hydrogen-bond donors (Lipinski definition) is 0. The van der Waals surface area contributed by atoms with Crippen LogP contribution in [0.4, 0.5) is 0 Å². The summed E-state index contributed by atoms with van der Waals surface area (Å²) in [7, 11) is -1.79. The highest BCUT2D eigenvalue weighted by atomic mass is 28.4. The lowest BCUT2D eigenvalue weighted by Gasteiger charge is -2.45. The molecule has 1 aliphatic carbocycles. The molecule has 2 rings (SSSR count). The Morgan fingerprint density at radius 1 is 1.24 bits per heavy atom. The average molecular weight is 362 g/mol. The molecular formula is C21H35NO2Si. The SMILES string of the molecule is CC(/C=C/[C@@]12O[C@]1(C)C[C@@H](O[Si](C)(C)C(C)(C)C)CC2(C)C)=C\C#N. The first-order chi connectivity index (χ1) is 11.2. The Balaban J connectivity index is 2.21. The molecule has 140 valence electrons. The van der Waals surface area contributed by atoms with Crippen molar-refractivity contribution in [2.75, 3.05) is 0 Å². The summed E-state index contributed by atoms with van der Waals surface area (Å²) in [6.07, 6.45) is 7.98. The highest BCUT2D eigenvalue weighted by Gasteiger charge is 2.75. The molecule has 1 aliphatic heterocycles. The van der Waals surface area contributed by atoms with Crippen molar-refractivity contribution in [2.24, 2.45) is 5.41 Å². The second-order valence-electron chi connectivity index (χ2n) is 10.2. The van der Waals surface area contributed by atoms with Gasteiger partial charge in [-0.15, -0.1) is 0 Å². The topological polar surface area (TPSA) is 45.5 Å². The van der Waals surface area contributed by atoms with Gasteiger partial charge in [-0.05, 0) is 50.0 Å². The third kappa shape index (κ3) is 3.52. The van der Waals surface area contributed by atoms with Crippen LogP contribution in [0.3, 0.4) is 0 Å². The summed E-state index contributed by atoms with van der Waals surface area (Å²) in [6, 6.07) is 2.09. The minimum absolute atomic E-state index is 0.00352. The van der Waals surface area contributed by atoms with Gasteiger partial charge in [-0.1, -0.05) is 40.7 Å². The second kappa shape index (κ2) is 6.08. The van der Waals surface area contributed by atoms with E-state index >= 15 is 0 Å². The van der Waals surface area contributed by atoms with Gasteiger partial charge in [0.1, 0.15) is 11.2 Å². The maximum atomic E-state index is 8.81. The normalized spacial score (nSPS) is 35.4. The van der Waals surface area contributed by atoms with Crippen molar-refractivity contribution < 1.29 is 9.16 Å². The first kappa shape index (κ1) is 20.4. The van der Waals surface area contributed by atoms with Crippen LogP contribution in [0.25, 0.3) is 0 Å². The maximum absolute atomic E-state index is 8.81. The number of ether oxygens (including phenoxy) is 1. The van der Waals surface area contributed by atoms with Crippen molar-refractivity contribution in [1.82, 2.24) is 0 Å². The van der Waals surface area contributed by atoms with Crippen LogP contribution in [0.5, 0.6) is 0 Å². The van der Waals surface area contributed by atoms with Crippen LogP contribution in [0.15, 0.2) is 23.8 Å². The summed E-state index contributed by atoms with van der Waals surface area (Å²) in [6.45, 7) is 20.3. The van der Waals surface area contributed by atoms with Crippen molar-refractivity contribution >= 4 is 8.32 Å². The van der Waals surface area contributed by atoms with Crippen LogP contribution in [-0.4, -0.2) is 25.6 Å². The zero-order chi connectivity index (χ0) is 19.3. The summed E-state index contributed by atoms with van der Waals surface area (Å²) in [4.78, 5) is 0. The predicted octanol–water partition coefficient (Wildman–Crippen LogP) is 5.75. The van der Waals surface area contributed by atoms with Crippen molar-refractivity contribution in [3.05, 3.63) is 23.8 Å². The highest BCUT2D eigenvalue weighted by molar-refractivity contribution is 6.74. The van der Waals surface area contributed by atoms with Crippen molar-refractivity contribution in [3.8, 4) is 6.07 Å². The Morgan fingerprint density at radius 2 is 1.84 bits per heavy atom. The van der Waals surface area contributed by atoms with Crippen LogP contribution in [0, 0.1) is 16.7 Å². The molecule has 0 spiro atoms. The van der Waals surface area contributed by atoms with E-state index in [9.17, 15) is 0 Å². The summed E-state index contributed by atoms with van der Waals surface area (Å²) in [5.41, 5.74) is 0.532. The van der Waals surface area contributed by atoms with E-state index in [1.165, 1.54) is 0 Å². The number of nitriles is 1. The average Bonchev–Trinajstić information content (AvgIpc) is 3.01. The Morgan fingerprint density at radius 3 is 2.32 bits per heavy atom. The Labute approximate surface area is 155 Å². The summed E-state index contributed by atoms with van der Waals surface area (Å²) < 4.78 is 13.1. The van der Waals surface area contributed by atoms with E-state index in [0.717, 1.165) is 18.4 Å². The molecule has 0 aromatic rings. The Hall–Kier alpha value is -0.893. The van der Waals surface area contributed by atoms with Crippen molar-refractivity contribution in [1.29, 1.82) is 5.26 Å². The van der Waals surface area contributed by atoms with Crippen LogP contribution in [-0.2, 0) is 9.16 Å². The third-order valence-corrected chi connectivity index (χ3v) is 11.2. The van der Waals surface area contributed by atoms with Crippen LogP contribution in [0.2, 0.25) is 18.1 Å². The molecule has 0 radical (unpaired) electrons. The molecule has 1 saturated heterocycles. The van der Waals surface area contributed by atoms with Gasteiger partial charge in [0.05, 0.1) is 6.07 Å². The van der Waals surface area contributed by atoms with Crippen molar-refractivity contribution in [3.63, 3.8) is 0 Å². The molecule has 4 heteroatoms. The monoisotopic (exact) mass is 361 g/mol. The lowest BCUT2D eigenvalue weighted by Crippen LogP contribution is -2.51. The molecule has 0 unspecified atom stereocenters. The molecule has 2 aliphatic rings. The highest BCUT2D eigenvalue weighted by Crippen LogP contribution is 2.66. The molecule has 3 nitrogen and oxygen atoms in total. The summed E-state index contributed by atoms with van der Waals surface area (Å²) in [5, 5.41) is 9.02. The van der Waals surface area contributed by atoms with E-state index in [1.54, 1.807) is 6.08 Å². The first-order valence-electron chi connectivity index (χ1n) is 9.33. The molecule has 0 N–H and O–H groups in total. The van der Waals surface area contributed by atoms with Gasteiger partial charge >= 0.3 is 0 Å². The fraction of sp³-hybridized carbons (Fsp3) is 0.762. The molecule has 25 heavy (non-hydrogen) atoms. The summed E-state index contributed by atoms with van der Waals surface area (Å²) >= 11 is 0. The molecule has 0 bridgehead atoms. The minimum atomic E-state index is -1.79. The quantitative estimate of drug-likeness (QED) is 0.277. The number of hydrogen-bond acceptors (Lipinski definition) is 3. The smallest absolute Gasteiger partial charge is 0.192 e. The lowest BCUT2D eigenvalue weighted by atomic mass is 9.63.